The van der Waals surface area contributed by atoms with E-state index >= 15 is 0 Å². The van der Waals surface area contributed by atoms with E-state index in [0.29, 0.717) is 13.1 Å². The van der Waals surface area contributed by atoms with E-state index in [1.807, 2.05) is 36.5 Å². The molecule has 2 heterocycles. The van der Waals surface area contributed by atoms with Crippen molar-refractivity contribution in [2.45, 2.75) is 12.6 Å². The molecule has 1 aliphatic heterocycles. The van der Waals surface area contributed by atoms with E-state index < -0.39 is 0 Å². The van der Waals surface area contributed by atoms with Gasteiger partial charge < -0.3 is 4.90 Å². The highest BCUT2D eigenvalue weighted by Gasteiger charge is 2.35. The Hall–Kier alpha value is -3.03. The fourth-order valence-corrected chi connectivity index (χ4v) is 3.51. The summed E-state index contributed by atoms with van der Waals surface area (Å²) in [4.78, 5) is 14.7. The van der Waals surface area contributed by atoms with Gasteiger partial charge in [0.2, 0.25) is 5.91 Å². The van der Waals surface area contributed by atoms with Gasteiger partial charge in [0.1, 0.15) is 5.82 Å². The summed E-state index contributed by atoms with van der Waals surface area (Å²) in [7, 11) is 1.79. The first-order chi connectivity index (χ1) is 13.6. The predicted molar refractivity (Wildman–Crippen MR) is 104 cm³/mol. The summed E-state index contributed by atoms with van der Waals surface area (Å²) in [5.41, 5.74) is 9.00. The number of nitrogens with zero attached hydrogens (tertiary/aromatic N) is 3. The molecule has 0 bridgehead atoms. The molecule has 6 nitrogen and oxygen atoms in total. The average Bonchev–Trinajstić information content (AvgIpc) is 3.38. The third kappa shape index (κ3) is 3.81. The summed E-state index contributed by atoms with van der Waals surface area (Å²) in [5.74, 6) is -0.524. The molecule has 0 aliphatic carbocycles. The molecular weight excluding hydrogens is 357 g/mol. The maximum absolute atomic E-state index is 13.2. The second-order valence-corrected chi connectivity index (χ2v) is 6.98. The summed E-state index contributed by atoms with van der Waals surface area (Å²) < 4.78 is 15.0. The molecule has 0 spiro atoms. The summed E-state index contributed by atoms with van der Waals surface area (Å²) in [6, 6.07) is 15.9. The molecule has 7 heteroatoms. The zero-order chi connectivity index (χ0) is 19.5. The Morgan fingerprint density at radius 1 is 1.21 bits per heavy atom. The lowest BCUT2D eigenvalue weighted by Crippen LogP contribution is -2.36. The maximum Gasteiger partial charge on any atom is 0.229 e. The molecule has 144 valence electrons. The van der Waals surface area contributed by atoms with E-state index in [2.05, 4.69) is 16.0 Å². The molecule has 4 rings (SSSR count). The number of rotatable bonds is 5. The first kappa shape index (κ1) is 18.3. The van der Waals surface area contributed by atoms with Gasteiger partial charge in [-0.3, -0.25) is 10.2 Å². The molecule has 0 saturated carbocycles. The van der Waals surface area contributed by atoms with Crippen molar-refractivity contribution in [1.29, 1.82) is 0 Å². The smallest absolute Gasteiger partial charge is 0.229 e. The topological polar surface area (TPSA) is 62.2 Å². The molecule has 28 heavy (non-hydrogen) atoms. The number of hydrogen-bond acceptors (Lipinski definition) is 4. The van der Waals surface area contributed by atoms with Crippen molar-refractivity contribution in [2.24, 2.45) is 5.92 Å². The molecule has 1 aliphatic rings. The van der Waals surface area contributed by atoms with Gasteiger partial charge in [0.15, 0.2) is 0 Å². The minimum absolute atomic E-state index is 0.0271. The number of hydrazine groups is 1. The summed E-state index contributed by atoms with van der Waals surface area (Å²) in [6.45, 7) is 0.993. The van der Waals surface area contributed by atoms with Gasteiger partial charge in [-0.15, -0.1) is 0 Å². The van der Waals surface area contributed by atoms with Crippen LogP contribution >= 0.6 is 0 Å². The Morgan fingerprint density at radius 3 is 2.71 bits per heavy atom. The Morgan fingerprint density at radius 2 is 1.96 bits per heavy atom. The standard InChI is InChI=1S/C21H22FN5O/c1-26(13-15-11-24-27(14-15)18-5-3-2-4-6-18)21(28)19-12-23-25-20(19)16-7-9-17(22)10-8-16/h2-11,14,19-20,23,25H,12-13H2,1H3. The Kier molecular flexibility index (Phi) is 5.18. The number of carbonyl (C=O) groups excluding carboxylic acids is 1. The van der Waals surface area contributed by atoms with E-state index in [0.717, 1.165) is 16.8 Å². The van der Waals surface area contributed by atoms with Crippen molar-refractivity contribution in [2.75, 3.05) is 13.6 Å². The van der Waals surface area contributed by atoms with Gasteiger partial charge in [-0.2, -0.15) is 5.10 Å². The van der Waals surface area contributed by atoms with Crippen molar-refractivity contribution in [3.63, 3.8) is 0 Å². The number of benzene rings is 2. The average molecular weight is 379 g/mol. The van der Waals surface area contributed by atoms with Gasteiger partial charge in [0, 0.05) is 31.9 Å². The molecule has 3 aromatic rings. The lowest BCUT2D eigenvalue weighted by molar-refractivity contribution is -0.134. The van der Waals surface area contributed by atoms with Gasteiger partial charge in [0.25, 0.3) is 0 Å². The highest BCUT2D eigenvalue weighted by atomic mass is 19.1. The molecule has 1 amide bonds. The van der Waals surface area contributed by atoms with Crippen molar-refractivity contribution < 1.29 is 9.18 Å². The monoisotopic (exact) mass is 379 g/mol. The maximum atomic E-state index is 13.2. The molecule has 2 aromatic carbocycles. The van der Waals surface area contributed by atoms with Crippen molar-refractivity contribution >= 4 is 5.91 Å². The van der Waals surface area contributed by atoms with Crippen LogP contribution in [0.3, 0.4) is 0 Å². The van der Waals surface area contributed by atoms with E-state index in [1.165, 1.54) is 12.1 Å². The molecule has 1 fully saturated rings. The second-order valence-electron chi connectivity index (χ2n) is 6.98. The van der Waals surface area contributed by atoms with Crippen LogP contribution in [0, 0.1) is 11.7 Å². The SMILES string of the molecule is CN(Cc1cnn(-c2ccccc2)c1)C(=O)C1CNNC1c1ccc(F)cc1. The Balaban J connectivity index is 1.44. The third-order valence-electron chi connectivity index (χ3n) is 4.98. The minimum atomic E-state index is -0.287. The van der Waals surface area contributed by atoms with Gasteiger partial charge in [-0.25, -0.2) is 14.5 Å². The number of nitrogens with one attached hydrogen (secondary N) is 2. The number of aromatic nitrogens is 2. The summed E-state index contributed by atoms with van der Waals surface area (Å²) in [6.07, 6.45) is 3.71. The van der Waals surface area contributed by atoms with Gasteiger partial charge in [-0.1, -0.05) is 30.3 Å². The largest absolute Gasteiger partial charge is 0.341 e. The third-order valence-corrected chi connectivity index (χ3v) is 4.98. The van der Waals surface area contributed by atoms with Crippen molar-refractivity contribution in [1.82, 2.24) is 25.5 Å². The first-order valence-corrected chi connectivity index (χ1v) is 9.19. The quantitative estimate of drug-likeness (QED) is 0.715. The van der Waals surface area contributed by atoms with Crippen LogP contribution < -0.4 is 10.9 Å². The van der Waals surface area contributed by atoms with Gasteiger partial charge in [-0.05, 0) is 29.8 Å². The zero-order valence-corrected chi connectivity index (χ0v) is 15.5. The fraction of sp³-hybridized carbons (Fsp3) is 0.238. The van der Waals surface area contributed by atoms with E-state index in [4.69, 9.17) is 0 Å². The van der Waals surface area contributed by atoms with E-state index in [-0.39, 0.29) is 23.7 Å². The molecule has 2 atom stereocenters. The predicted octanol–water partition coefficient (Wildman–Crippen LogP) is 2.44. The molecule has 2 unspecified atom stereocenters. The number of hydrogen-bond donors (Lipinski definition) is 2. The summed E-state index contributed by atoms with van der Waals surface area (Å²) >= 11 is 0. The highest BCUT2D eigenvalue weighted by molar-refractivity contribution is 5.80. The van der Waals surface area contributed by atoms with E-state index in [9.17, 15) is 9.18 Å². The molecular formula is C21H22FN5O. The van der Waals surface area contributed by atoms with Crippen LogP contribution in [0.2, 0.25) is 0 Å². The van der Waals surface area contributed by atoms with Crippen LogP contribution in [-0.4, -0.2) is 34.2 Å². The van der Waals surface area contributed by atoms with Gasteiger partial charge in [0.05, 0.1) is 23.8 Å². The van der Waals surface area contributed by atoms with Crippen molar-refractivity contribution in [3.05, 3.63) is 83.9 Å². The zero-order valence-electron chi connectivity index (χ0n) is 15.5. The molecule has 2 N–H and O–H groups in total. The second kappa shape index (κ2) is 7.92. The molecule has 1 saturated heterocycles. The van der Waals surface area contributed by atoms with E-state index in [1.54, 1.807) is 35.0 Å². The van der Waals surface area contributed by atoms with Crippen LogP contribution in [0.1, 0.15) is 17.2 Å². The Labute approximate surface area is 162 Å². The number of para-hydroxylation sites is 1. The lowest BCUT2D eigenvalue weighted by Gasteiger charge is -2.24. The number of carbonyl (C=O) groups is 1. The summed E-state index contributed by atoms with van der Waals surface area (Å²) in [5, 5.41) is 4.39. The van der Waals surface area contributed by atoms with Gasteiger partial charge >= 0.3 is 0 Å². The highest BCUT2D eigenvalue weighted by Crippen LogP contribution is 2.27. The van der Waals surface area contributed by atoms with Crippen LogP contribution in [0.25, 0.3) is 5.69 Å². The van der Waals surface area contributed by atoms with Crippen LogP contribution in [0.5, 0.6) is 0 Å². The lowest BCUT2D eigenvalue weighted by atomic mass is 9.93. The molecule has 1 aromatic heterocycles. The van der Waals surface area contributed by atoms with Crippen LogP contribution in [0.4, 0.5) is 4.39 Å². The van der Waals surface area contributed by atoms with Crippen LogP contribution in [-0.2, 0) is 11.3 Å². The van der Waals surface area contributed by atoms with Crippen molar-refractivity contribution in [3.8, 4) is 5.69 Å². The fourth-order valence-electron chi connectivity index (χ4n) is 3.51. The molecule has 0 radical (unpaired) electrons. The normalized spacial score (nSPS) is 18.9. The number of halogens is 1. The van der Waals surface area contributed by atoms with Crippen LogP contribution in [0.15, 0.2) is 67.0 Å². The number of amides is 1. The first-order valence-electron chi connectivity index (χ1n) is 9.19. The minimum Gasteiger partial charge on any atom is -0.341 e. The Bertz CT molecular complexity index is 941.